The zero-order chi connectivity index (χ0) is 14.5. The SMILES string of the molecule is CC(C)(C)[Si](C)(C)O[C@@H](C=O)CCc1ccccc1. The van der Waals surface area contributed by atoms with E-state index in [4.69, 9.17) is 4.43 Å². The van der Waals surface area contributed by atoms with Crippen LogP contribution in [0.25, 0.3) is 0 Å². The smallest absolute Gasteiger partial charge is 0.193 e. The van der Waals surface area contributed by atoms with Crippen LogP contribution in [0.15, 0.2) is 30.3 Å². The summed E-state index contributed by atoms with van der Waals surface area (Å²) >= 11 is 0. The summed E-state index contributed by atoms with van der Waals surface area (Å²) in [6.45, 7) is 11.0. The fourth-order valence-electron chi connectivity index (χ4n) is 1.66. The Morgan fingerprint density at radius 3 is 2.26 bits per heavy atom. The van der Waals surface area contributed by atoms with Crippen molar-refractivity contribution in [3.05, 3.63) is 35.9 Å². The highest BCUT2D eigenvalue weighted by atomic mass is 28.4. The molecule has 3 heteroatoms. The van der Waals surface area contributed by atoms with E-state index in [1.807, 2.05) is 18.2 Å². The van der Waals surface area contributed by atoms with Gasteiger partial charge in [0.1, 0.15) is 12.4 Å². The van der Waals surface area contributed by atoms with Crippen molar-refractivity contribution in [1.29, 1.82) is 0 Å². The Hall–Kier alpha value is -0.933. The van der Waals surface area contributed by atoms with Crippen molar-refractivity contribution in [2.24, 2.45) is 0 Å². The average Bonchev–Trinajstić information content (AvgIpc) is 2.34. The first-order chi connectivity index (χ1) is 8.76. The normalized spacial score (nSPS) is 14.2. The molecule has 0 bridgehead atoms. The molecule has 0 aliphatic carbocycles. The highest BCUT2D eigenvalue weighted by molar-refractivity contribution is 6.74. The first-order valence-corrected chi connectivity index (χ1v) is 9.84. The maximum atomic E-state index is 11.2. The maximum absolute atomic E-state index is 11.2. The molecule has 0 N–H and O–H groups in total. The Kier molecular flexibility index (Phi) is 5.50. The molecule has 1 aromatic rings. The number of hydrogen-bond donors (Lipinski definition) is 0. The minimum atomic E-state index is -1.86. The molecule has 0 saturated carbocycles. The summed E-state index contributed by atoms with van der Waals surface area (Å²) in [4.78, 5) is 11.2. The minimum absolute atomic E-state index is 0.140. The number of aryl methyl sites for hydroxylation is 1. The van der Waals surface area contributed by atoms with Crippen LogP contribution in [0, 0.1) is 0 Å². The number of carbonyl (C=O) groups is 1. The number of hydrogen-bond acceptors (Lipinski definition) is 2. The second kappa shape index (κ2) is 6.48. The van der Waals surface area contributed by atoms with E-state index < -0.39 is 8.32 Å². The van der Waals surface area contributed by atoms with Gasteiger partial charge in [0.15, 0.2) is 8.32 Å². The molecule has 0 saturated heterocycles. The molecule has 106 valence electrons. The zero-order valence-corrected chi connectivity index (χ0v) is 13.8. The molecule has 0 aromatic heterocycles. The fraction of sp³-hybridized carbons (Fsp3) is 0.562. The van der Waals surface area contributed by atoms with Crippen molar-refractivity contribution < 1.29 is 9.22 Å². The maximum Gasteiger partial charge on any atom is 0.193 e. The number of benzene rings is 1. The van der Waals surface area contributed by atoms with Crippen molar-refractivity contribution in [3.8, 4) is 0 Å². The minimum Gasteiger partial charge on any atom is -0.407 e. The standard InChI is InChI=1S/C16H26O2Si/c1-16(2,3)19(4,5)18-15(13-17)12-11-14-9-7-6-8-10-14/h6-10,13,15H,11-12H2,1-5H3/t15-/m1/s1. The van der Waals surface area contributed by atoms with Crippen molar-refractivity contribution >= 4 is 14.6 Å². The summed E-state index contributed by atoms with van der Waals surface area (Å²) in [5.41, 5.74) is 1.26. The predicted molar refractivity (Wildman–Crippen MR) is 82.9 cm³/mol. The molecule has 0 aliphatic heterocycles. The third kappa shape index (κ3) is 4.92. The van der Waals surface area contributed by atoms with Gasteiger partial charge < -0.3 is 9.22 Å². The van der Waals surface area contributed by atoms with Gasteiger partial charge in [0.25, 0.3) is 0 Å². The Morgan fingerprint density at radius 1 is 1.21 bits per heavy atom. The summed E-state index contributed by atoms with van der Waals surface area (Å²) in [5, 5.41) is 0.140. The summed E-state index contributed by atoms with van der Waals surface area (Å²) in [7, 11) is -1.86. The van der Waals surface area contributed by atoms with Gasteiger partial charge in [-0.25, -0.2) is 0 Å². The van der Waals surface area contributed by atoms with Crippen LogP contribution in [0.4, 0.5) is 0 Å². The van der Waals surface area contributed by atoms with Crippen molar-refractivity contribution in [2.75, 3.05) is 0 Å². The lowest BCUT2D eigenvalue weighted by Crippen LogP contribution is -2.44. The average molecular weight is 278 g/mol. The molecule has 0 spiro atoms. The van der Waals surface area contributed by atoms with Crippen LogP contribution in [0.5, 0.6) is 0 Å². The first-order valence-electron chi connectivity index (χ1n) is 6.93. The molecular weight excluding hydrogens is 252 g/mol. The molecule has 1 aromatic carbocycles. The lowest BCUT2D eigenvalue weighted by atomic mass is 10.1. The van der Waals surface area contributed by atoms with Gasteiger partial charge in [-0.15, -0.1) is 0 Å². The van der Waals surface area contributed by atoms with E-state index in [1.165, 1.54) is 5.56 Å². The van der Waals surface area contributed by atoms with Gasteiger partial charge in [0.05, 0.1) is 0 Å². The Morgan fingerprint density at radius 2 is 1.79 bits per heavy atom. The zero-order valence-electron chi connectivity index (χ0n) is 12.8. The van der Waals surface area contributed by atoms with E-state index in [2.05, 4.69) is 46.0 Å². The lowest BCUT2D eigenvalue weighted by molar-refractivity contribution is -0.114. The van der Waals surface area contributed by atoms with Crippen LogP contribution >= 0.6 is 0 Å². The Labute approximate surface area is 118 Å². The van der Waals surface area contributed by atoms with E-state index in [0.717, 1.165) is 19.1 Å². The molecule has 0 aliphatic rings. The van der Waals surface area contributed by atoms with E-state index >= 15 is 0 Å². The van der Waals surface area contributed by atoms with Crippen LogP contribution in [0.2, 0.25) is 18.1 Å². The summed E-state index contributed by atoms with van der Waals surface area (Å²) in [5.74, 6) is 0. The summed E-state index contributed by atoms with van der Waals surface area (Å²) in [6.07, 6.45) is 2.34. The Bertz CT molecular complexity index is 393. The molecule has 0 heterocycles. The van der Waals surface area contributed by atoms with Gasteiger partial charge in [-0.1, -0.05) is 51.1 Å². The van der Waals surface area contributed by atoms with Crippen LogP contribution < -0.4 is 0 Å². The highest BCUT2D eigenvalue weighted by Gasteiger charge is 2.38. The first kappa shape index (κ1) is 16.1. The molecule has 0 radical (unpaired) electrons. The van der Waals surface area contributed by atoms with E-state index in [1.54, 1.807) is 0 Å². The van der Waals surface area contributed by atoms with Gasteiger partial charge >= 0.3 is 0 Å². The van der Waals surface area contributed by atoms with Crippen molar-refractivity contribution in [1.82, 2.24) is 0 Å². The highest BCUT2D eigenvalue weighted by Crippen LogP contribution is 2.37. The number of rotatable bonds is 6. The Balaban J connectivity index is 2.58. The van der Waals surface area contributed by atoms with Crippen LogP contribution in [0.1, 0.15) is 32.8 Å². The number of aldehydes is 1. The quantitative estimate of drug-likeness (QED) is 0.575. The van der Waals surface area contributed by atoms with Gasteiger partial charge in [0.2, 0.25) is 0 Å². The third-order valence-corrected chi connectivity index (χ3v) is 8.47. The molecule has 19 heavy (non-hydrogen) atoms. The van der Waals surface area contributed by atoms with Crippen molar-refractivity contribution in [3.63, 3.8) is 0 Å². The van der Waals surface area contributed by atoms with Crippen molar-refractivity contribution in [2.45, 2.75) is 57.8 Å². The molecule has 0 unspecified atom stereocenters. The van der Waals surface area contributed by atoms with Crippen LogP contribution in [0.3, 0.4) is 0 Å². The van der Waals surface area contributed by atoms with Crippen LogP contribution in [-0.4, -0.2) is 20.7 Å². The predicted octanol–water partition coefficient (Wildman–Crippen LogP) is 4.21. The molecule has 1 atom stereocenters. The van der Waals surface area contributed by atoms with Gasteiger partial charge in [0, 0.05) is 0 Å². The van der Waals surface area contributed by atoms with E-state index in [-0.39, 0.29) is 11.1 Å². The molecule has 1 rings (SSSR count). The van der Waals surface area contributed by atoms with Gasteiger partial charge in [-0.3, -0.25) is 0 Å². The molecule has 0 amide bonds. The number of carbonyl (C=O) groups excluding carboxylic acids is 1. The molecule has 2 nitrogen and oxygen atoms in total. The topological polar surface area (TPSA) is 26.3 Å². The van der Waals surface area contributed by atoms with E-state index in [9.17, 15) is 4.79 Å². The lowest BCUT2D eigenvalue weighted by Gasteiger charge is -2.38. The summed E-state index contributed by atoms with van der Waals surface area (Å²) in [6, 6.07) is 10.2. The molecular formula is C16H26O2Si. The largest absolute Gasteiger partial charge is 0.407 e. The monoisotopic (exact) mass is 278 g/mol. The fourth-order valence-corrected chi connectivity index (χ4v) is 2.95. The summed E-state index contributed by atoms with van der Waals surface area (Å²) < 4.78 is 6.14. The van der Waals surface area contributed by atoms with Gasteiger partial charge in [-0.05, 0) is 36.5 Å². The third-order valence-electron chi connectivity index (χ3n) is 3.96. The van der Waals surface area contributed by atoms with E-state index in [0.29, 0.717) is 0 Å². The van der Waals surface area contributed by atoms with Crippen LogP contribution in [-0.2, 0) is 15.6 Å². The second-order valence-corrected chi connectivity index (χ2v) is 11.3. The molecule has 0 fully saturated rings. The second-order valence-electron chi connectivity index (χ2n) is 6.58. The van der Waals surface area contributed by atoms with Gasteiger partial charge in [-0.2, -0.15) is 0 Å².